The van der Waals surface area contributed by atoms with Gasteiger partial charge in [-0.05, 0) is 25.7 Å². The van der Waals surface area contributed by atoms with Crippen molar-refractivity contribution in [3.05, 3.63) is 0 Å². The van der Waals surface area contributed by atoms with Gasteiger partial charge < -0.3 is 8.37 Å². The van der Waals surface area contributed by atoms with Crippen molar-refractivity contribution >= 4 is 36.0 Å². The van der Waals surface area contributed by atoms with Gasteiger partial charge in [-0.2, -0.15) is 0 Å². The molecule has 324 valence electrons. The topological polar surface area (TPSA) is 52.6 Å². The van der Waals surface area contributed by atoms with E-state index in [9.17, 15) is 9.59 Å². The molecular formula is C48H96O4S2. The Hall–Kier alpha value is -0.360. The van der Waals surface area contributed by atoms with E-state index in [4.69, 9.17) is 8.37 Å². The van der Waals surface area contributed by atoms with Crippen molar-refractivity contribution in [1.82, 2.24) is 0 Å². The first-order valence-corrected chi connectivity index (χ1v) is 26.1. The molecule has 0 aliphatic rings. The van der Waals surface area contributed by atoms with Gasteiger partial charge in [0.15, 0.2) is 0 Å². The van der Waals surface area contributed by atoms with E-state index in [1.807, 2.05) is 0 Å². The van der Waals surface area contributed by atoms with E-state index in [1.54, 1.807) is 0 Å². The van der Waals surface area contributed by atoms with Gasteiger partial charge in [0, 0.05) is 24.3 Å². The zero-order valence-electron chi connectivity index (χ0n) is 37.1. The second-order valence-corrected chi connectivity index (χ2v) is 17.7. The summed E-state index contributed by atoms with van der Waals surface area (Å²) in [5.74, 6) is 1.88. The van der Waals surface area contributed by atoms with Gasteiger partial charge in [0.25, 0.3) is 0 Å². The molecule has 0 atom stereocenters. The minimum absolute atomic E-state index is 0.0185. The van der Waals surface area contributed by atoms with E-state index in [0.29, 0.717) is 12.8 Å². The molecule has 0 rings (SSSR count). The largest absolute Gasteiger partial charge is 0.391 e. The van der Waals surface area contributed by atoms with Crippen molar-refractivity contribution in [2.75, 3.05) is 11.5 Å². The lowest BCUT2D eigenvalue weighted by Crippen LogP contribution is -1.99. The average Bonchev–Trinajstić information content (AvgIpc) is 3.17. The molecule has 0 N–H and O–H groups in total. The van der Waals surface area contributed by atoms with Gasteiger partial charge >= 0.3 is 11.9 Å². The van der Waals surface area contributed by atoms with Crippen LogP contribution in [-0.4, -0.2) is 23.4 Å². The third kappa shape index (κ3) is 53.7. The molecule has 0 aliphatic carbocycles. The number of rotatable bonds is 44. The molecule has 0 aromatic rings. The van der Waals surface area contributed by atoms with Gasteiger partial charge in [-0.1, -0.05) is 246 Å². The van der Waals surface area contributed by atoms with Gasteiger partial charge in [0.2, 0.25) is 0 Å². The van der Waals surface area contributed by atoms with Crippen molar-refractivity contribution in [3.63, 3.8) is 0 Å². The zero-order valence-corrected chi connectivity index (χ0v) is 38.8. The Morgan fingerprint density at radius 2 is 0.463 bits per heavy atom. The predicted octanol–water partition coefficient (Wildman–Crippen LogP) is 18.0. The van der Waals surface area contributed by atoms with Crippen LogP contribution in [0.5, 0.6) is 0 Å². The molecule has 0 heterocycles. The summed E-state index contributed by atoms with van der Waals surface area (Å²) >= 11 is 2.74. The lowest BCUT2D eigenvalue weighted by Gasteiger charge is -2.04. The third-order valence-electron chi connectivity index (χ3n) is 10.4. The van der Waals surface area contributed by atoms with Crippen LogP contribution < -0.4 is 0 Å². The Morgan fingerprint density at radius 3 is 0.685 bits per heavy atom. The van der Waals surface area contributed by atoms with Crippen molar-refractivity contribution in [2.45, 2.75) is 285 Å². The molecule has 0 saturated heterocycles. The van der Waals surface area contributed by atoms with E-state index in [1.165, 1.54) is 255 Å². The number of unbranched alkanes of at least 4 members (excludes halogenated alkanes) is 34. The fraction of sp³-hybridized carbons (Fsp3) is 0.958. The quantitative estimate of drug-likeness (QED) is 0.0452. The van der Waals surface area contributed by atoms with Gasteiger partial charge in [0.1, 0.15) is 0 Å². The Kier molecular flexibility index (Phi) is 54.3. The normalized spacial score (nSPS) is 11.0. The molecule has 0 radical (unpaired) electrons. The molecule has 0 saturated carbocycles. The predicted molar refractivity (Wildman–Crippen MR) is 244 cm³/mol. The fourth-order valence-electron chi connectivity index (χ4n) is 6.75. The highest BCUT2D eigenvalue weighted by Gasteiger charge is 2.05. The summed E-state index contributed by atoms with van der Waals surface area (Å²) < 4.78 is 10.5. The smallest absolute Gasteiger partial charge is 0.317 e. The van der Waals surface area contributed by atoms with Crippen LogP contribution in [0.15, 0.2) is 0 Å². The number of carbonyl (C=O) groups excluding carboxylic acids is 2. The van der Waals surface area contributed by atoms with Gasteiger partial charge in [-0.25, -0.2) is 0 Å². The lowest BCUT2D eigenvalue weighted by atomic mass is 10.1. The highest BCUT2D eigenvalue weighted by Crippen LogP contribution is 2.17. The van der Waals surface area contributed by atoms with Crippen LogP contribution in [0.2, 0.25) is 0 Å². The molecule has 0 spiro atoms. The van der Waals surface area contributed by atoms with E-state index in [0.717, 1.165) is 24.3 Å². The Bertz CT molecular complexity index is 646. The standard InChI is InChI=1S/2C24H48O2S/c2*1-3-5-7-9-11-13-15-17-19-21-23-27-26-24(25)22-20-18-16-14-12-10-8-6-4-2/h2*3-23H2,1-2H3. The Morgan fingerprint density at radius 1 is 0.278 bits per heavy atom. The van der Waals surface area contributed by atoms with E-state index >= 15 is 0 Å². The van der Waals surface area contributed by atoms with Crippen LogP contribution in [0.4, 0.5) is 0 Å². The molecule has 6 heteroatoms. The molecule has 4 nitrogen and oxygen atoms in total. The molecule has 0 amide bonds. The first kappa shape index (κ1) is 55.7. The monoisotopic (exact) mass is 801 g/mol. The highest BCUT2D eigenvalue weighted by atomic mass is 32.2. The second kappa shape index (κ2) is 52.6. The van der Waals surface area contributed by atoms with Crippen molar-refractivity contribution in [1.29, 1.82) is 0 Å². The van der Waals surface area contributed by atoms with Crippen LogP contribution in [-0.2, 0) is 18.0 Å². The molecular weight excluding hydrogens is 705 g/mol. The molecule has 0 aliphatic heterocycles. The van der Waals surface area contributed by atoms with E-state index in [-0.39, 0.29) is 11.9 Å². The first-order chi connectivity index (χ1) is 26.6. The Labute approximate surface area is 348 Å². The van der Waals surface area contributed by atoms with Gasteiger partial charge in [0.05, 0.1) is 24.1 Å². The SMILES string of the molecule is CCCCCCCCCCCCSOC(=O)CCCCCCCCCCC.CCCCCCCCCCCCSOC(=O)CCCCCCCCCCC. The summed E-state index contributed by atoms with van der Waals surface area (Å²) in [5, 5.41) is 0. The summed E-state index contributed by atoms with van der Waals surface area (Å²) in [4.78, 5) is 23.4. The summed E-state index contributed by atoms with van der Waals surface area (Å²) in [7, 11) is 0. The number of carbonyl (C=O) groups is 2. The van der Waals surface area contributed by atoms with Crippen molar-refractivity contribution in [3.8, 4) is 0 Å². The molecule has 0 aromatic heterocycles. The molecule has 0 aromatic carbocycles. The third-order valence-corrected chi connectivity index (χ3v) is 12.0. The van der Waals surface area contributed by atoms with Gasteiger partial charge in [-0.15, -0.1) is 0 Å². The van der Waals surface area contributed by atoms with Crippen LogP contribution >= 0.6 is 24.1 Å². The second-order valence-electron chi connectivity index (χ2n) is 16.1. The summed E-state index contributed by atoms with van der Waals surface area (Å²) in [6.45, 7) is 9.06. The fourth-order valence-corrected chi connectivity index (χ4v) is 8.00. The zero-order chi connectivity index (χ0) is 39.7. The lowest BCUT2D eigenvalue weighted by molar-refractivity contribution is -0.134. The Balaban J connectivity index is 0. The van der Waals surface area contributed by atoms with Crippen molar-refractivity contribution < 1.29 is 18.0 Å². The number of hydrogen-bond acceptors (Lipinski definition) is 6. The summed E-state index contributed by atoms with van der Waals surface area (Å²) in [6.07, 6.45) is 51.4. The highest BCUT2D eigenvalue weighted by molar-refractivity contribution is 7.95. The summed E-state index contributed by atoms with van der Waals surface area (Å²) in [5.41, 5.74) is 0. The molecule has 54 heavy (non-hydrogen) atoms. The van der Waals surface area contributed by atoms with Gasteiger partial charge in [-0.3, -0.25) is 9.59 Å². The minimum Gasteiger partial charge on any atom is -0.391 e. The van der Waals surface area contributed by atoms with E-state index in [2.05, 4.69) is 27.7 Å². The van der Waals surface area contributed by atoms with Crippen LogP contribution in [0.3, 0.4) is 0 Å². The molecule has 0 fully saturated rings. The van der Waals surface area contributed by atoms with Crippen LogP contribution in [0.25, 0.3) is 0 Å². The minimum atomic E-state index is -0.0185. The molecule has 0 unspecified atom stereocenters. The summed E-state index contributed by atoms with van der Waals surface area (Å²) in [6, 6.07) is 0. The first-order valence-electron chi connectivity index (χ1n) is 24.3. The number of hydrogen-bond donors (Lipinski definition) is 0. The maximum absolute atomic E-state index is 11.7. The van der Waals surface area contributed by atoms with Crippen LogP contribution in [0.1, 0.15) is 285 Å². The maximum atomic E-state index is 11.7. The van der Waals surface area contributed by atoms with E-state index < -0.39 is 0 Å². The maximum Gasteiger partial charge on any atom is 0.317 e. The van der Waals surface area contributed by atoms with Crippen molar-refractivity contribution in [2.24, 2.45) is 0 Å². The molecule has 0 bridgehead atoms. The average molecular weight is 801 g/mol. The van der Waals surface area contributed by atoms with Crippen LogP contribution in [0, 0.1) is 0 Å².